The van der Waals surface area contributed by atoms with Gasteiger partial charge in [-0.25, -0.2) is 4.79 Å². The summed E-state index contributed by atoms with van der Waals surface area (Å²) in [6.07, 6.45) is 0. The fraction of sp³-hybridized carbons (Fsp3) is 0.235. The summed E-state index contributed by atoms with van der Waals surface area (Å²) in [5.41, 5.74) is 2.22. The Morgan fingerprint density at radius 3 is 2.52 bits per heavy atom. The summed E-state index contributed by atoms with van der Waals surface area (Å²) in [6, 6.07) is 13.7. The van der Waals surface area contributed by atoms with E-state index in [1.54, 1.807) is 17.8 Å². The molecule has 1 N–H and O–H groups in total. The van der Waals surface area contributed by atoms with Crippen LogP contribution >= 0.6 is 11.8 Å². The molecule has 0 saturated carbocycles. The maximum Gasteiger partial charge on any atom is 0.338 e. The van der Waals surface area contributed by atoms with Crippen LogP contribution in [0.3, 0.4) is 0 Å². The maximum atomic E-state index is 12.1. The number of anilines is 2. The second-order valence-electron chi connectivity index (χ2n) is 5.94. The van der Waals surface area contributed by atoms with Crippen LogP contribution in [0, 0.1) is 0 Å². The Hall–Kier alpha value is -1.94. The van der Waals surface area contributed by atoms with E-state index in [1.807, 2.05) is 51.1 Å². The van der Waals surface area contributed by atoms with Crippen molar-refractivity contribution in [1.82, 2.24) is 0 Å². The van der Waals surface area contributed by atoms with Crippen molar-refractivity contribution in [2.75, 3.05) is 5.32 Å². The molecule has 1 aliphatic rings. The van der Waals surface area contributed by atoms with Crippen LogP contribution in [0.15, 0.2) is 52.3 Å². The van der Waals surface area contributed by atoms with Crippen LogP contribution in [0.5, 0.6) is 0 Å². The third-order valence-corrected chi connectivity index (χ3v) is 4.13. The second-order valence-corrected chi connectivity index (χ2v) is 7.02. The van der Waals surface area contributed by atoms with Crippen molar-refractivity contribution in [2.45, 2.75) is 36.2 Å². The highest BCUT2D eigenvalue weighted by Gasteiger charge is 2.21. The molecule has 0 aliphatic carbocycles. The van der Waals surface area contributed by atoms with E-state index in [4.69, 9.17) is 4.74 Å². The van der Waals surface area contributed by atoms with Gasteiger partial charge in [0.1, 0.15) is 5.60 Å². The fourth-order valence-electron chi connectivity index (χ4n) is 2.10. The van der Waals surface area contributed by atoms with Gasteiger partial charge in [-0.3, -0.25) is 0 Å². The van der Waals surface area contributed by atoms with E-state index in [9.17, 15) is 4.79 Å². The smallest absolute Gasteiger partial charge is 0.338 e. The van der Waals surface area contributed by atoms with Crippen molar-refractivity contribution < 1.29 is 9.53 Å². The van der Waals surface area contributed by atoms with E-state index in [0.717, 1.165) is 21.2 Å². The third-order valence-electron chi connectivity index (χ3n) is 2.99. The number of carbonyl (C=O) groups excluding carboxylic acids is 1. The SMILES string of the molecule is CC(C)(C)OC(=O)c1ccc2c(c1)Sc1ccccc1N2. The summed E-state index contributed by atoms with van der Waals surface area (Å²) in [7, 11) is 0. The Morgan fingerprint density at radius 1 is 1.05 bits per heavy atom. The number of esters is 1. The molecule has 0 spiro atoms. The Balaban J connectivity index is 1.88. The van der Waals surface area contributed by atoms with E-state index in [-0.39, 0.29) is 5.97 Å². The Bertz CT molecular complexity index is 704. The monoisotopic (exact) mass is 299 g/mol. The van der Waals surface area contributed by atoms with Gasteiger partial charge in [0.25, 0.3) is 0 Å². The molecule has 2 aromatic carbocycles. The number of nitrogens with one attached hydrogen (secondary N) is 1. The number of hydrogen-bond donors (Lipinski definition) is 1. The minimum Gasteiger partial charge on any atom is -0.456 e. The highest BCUT2D eigenvalue weighted by molar-refractivity contribution is 7.99. The van der Waals surface area contributed by atoms with Crippen LogP contribution in [-0.4, -0.2) is 11.6 Å². The van der Waals surface area contributed by atoms with Crippen molar-refractivity contribution in [3.8, 4) is 0 Å². The molecule has 3 rings (SSSR count). The lowest BCUT2D eigenvalue weighted by atomic mass is 10.1. The first kappa shape index (κ1) is 14.0. The highest BCUT2D eigenvalue weighted by atomic mass is 32.2. The molecule has 0 saturated heterocycles. The molecule has 3 nitrogen and oxygen atoms in total. The number of para-hydroxylation sites is 1. The summed E-state index contributed by atoms with van der Waals surface area (Å²) < 4.78 is 5.42. The van der Waals surface area contributed by atoms with Crippen molar-refractivity contribution in [1.29, 1.82) is 0 Å². The van der Waals surface area contributed by atoms with Gasteiger partial charge in [0, 0.05) is 9.79 Å². The lowest BCUT2D eigenvalue weighted by Gasteiger charge is -2.22. The van der Waals surface area contributed by atoms with Gasteiger partial charge in [0.15, 0.2) is 0 Å². The van der Waals surface area contributed by atoms with E-state index in [0.29, 0.717) is 5.56 Å². The number of rotatable bonds is 1. The van der Waals surface area contributed by atoms with Crippen LogP contribution in [0.4, 0.5) is 11.4 Å². The molecule has 2 aromatic rings. The first-order chi connectivity index (χ1) is 9.92. The summed E-state index contributed by atoms with van der Waals surface area (Å²) in [6.45, 7) is 5.61. The number of benzene rings is 2. The summed E-state index contributed by atoms with van der Waals surface area (Å²) >= 11 is 1.66. The van der Waals surface area contributed by atoms with E-state index in [2.05, 4.69) is 11.4 Å². The van der Waals surface area contributed by atoms with Gasteiger partial charge >= 0.3 is 5.97 Å². The van der Waals surface area contributed by atoms with Gasteiger partial charge in [-0.15, -0.1) is 0 Å². The number of ether oxygens (including phenoxy) is 1. The molecular formula is C17H17NO2S. The maximum absolute atomic E-state index is 12.1. The van der Waals surface area contributed by atoms with E-state index >= 15 is 0 Å². The standard InChI is InChI=1S/C17H17NO2S/c1-17(2,3)20-16(19)11-8-9-13-15(10-11)21-14-7-5-4-6-12(14)18-13/h4-10,18H,1-3H3. The number of fused-ring (bicyclic) bond motifs is 2. The average Bonchev–Trinajstić information content (AvgIpc) is 2.42. The van der Waals surface area contributed by atoms with Crippen LogP contribution in [0.1, 0.15) is 31.1 Å². The van der Waals surface area contributed by atoms with Crippen LogP contribution in [0.2, 0.25) is 0 Å². The quantitative estimate of drug-likeness (QED) is 0.652. The first-order valence-electron chi connectivity index (χ1n) is 6.84. The van der Waals surface area contributed by atoms with Crippen molar-refractivity contribution >= 4 is 29.1 Å². The highest BCUT2D eigenvalue weighted by Crippen LogP contribution is 2.44. The zero-order valence-electron chi connectivity index (χ0n) is 12.3. The molecule has 108 valence electrons. The van der Waals surface area contributed by atoms with Crippen molar-refractivity contribution in [2.24, 2.45) is 0 Å². The molecule has 0 bridgehead atoms. The molecule has 0 radical (unpaired) electrons. The molecule has 21 heavy (non-hydrogen) atoms. The number of carbonyl (C=O) groups is 1. The third kappa shape index (κ3) is 3.05. The normalized spacial score (nSPS) is 12.9. The molecule has 0 unspecified atom stereocenters. The minimum absolute atomic E-state index is 0.287. The molecule has 0 atom stereocenters. The topological polar surface area (TPSA) is 38.3 Å². The van der Waals surface area contributed by atoms with Gasteiger partial charge in [0.05, 0.1) is 16.9 Å². The van der Waals surface area contributed by atoms with Gasteiger partial charge in [-0.2, -0.15) is 0 Å². The molecule has 0 fully saturated rings. The largest absolute Gasteiger partial charge is 0.456 e. The summed E-state index contributed by atoms with van der Waals surface area (Å²) in [5, 5.41) is 3.38. The Labute approximate surface area is 128 Å². The molecular weight excluding hydrogens is 282 g/mol. The van der Waals surface area contributed by atoms with E-state index in [1.165, 1.54) is 0 Å². The Kier molecular flexibility index (Phi) is 3.41. The Morgan fingerprint density at radius 2 is 1.76 bits per heavy atom. The van der Waals surface area contributed by atoms with Gasteiger partial charge < -0.3 is 10.1 Å². The van der Waals surface area contributed by atoms with Crippen LogP contribution < -0.4 is 5.32 Å². The number of hydrogen-bond acceptors (Lipinski definition) is 4. The van der Waals surface area contributed by atoms with Gasteiger partial charge in [-0.1, -0.05) is 23.9 Å². The average molecular weight is 299 g/mol. The lowest BCUT2D eigenvalue weighted by molar-refractivity contribution is 0.00693. The van der Waals surface area contributed by atoms with E-state index < -0.39 is 5.60 Å². The predicted octanol–water partition coefficient (Wildman–Crippen LogP) is 4.85. The molecule has 0 amide bonds. The zero-order valence-corrected chi connectivity index (χ0v) is 13.1. The second kappa shape index (κ2) is 5.11. The van der Waals surface area contributed by atoms with Gasteiger partial charge in [0.2, 0.25) is 0 Å². The van der Waals surface area contributed by atoms with Gasteiger partial charge in [-0.05, 0) is 51.1 Å². The molecule has 1 aliphatic heterocycles. The lowest BCUT2D eigenvalue weighted by Crippen LogP contribution is -2.23. The van der Waals surface area contributed by atoms with Crippen LogP contribution in [-0.2, 0) is 4.74 Å². The van der Waals surface area contributed by atoms with Crippen molar-refractivity contribution in [3.63, 3.8) is 0 Å². The molecule has 1 heterocycles. The predicted molar refractivity (Wildman–Crippen MR) is 85.5 cm³/mol. The molecule has 4 heteroatoms. The zero-order chi connectivity index (χ0) is 15.0. The minimum atomic E-state index is -0.481. The fourth-order valence-corrected chi connectivity index (χ4v) is 3.12. The van der Waals surface area contributed by atoms with Crippen molar-refractivity contribution in [3.05, 3.63) is 48.0 Å². The molecule has 0 aromatic heterocycles. The summed E-state index contributed by atoms with van der Waals surface area (Å²) in [4.78, 5) is 14.3. The first-order valence-corrected chi connectivity index (χ1v) is 7.65. The summed E-state index contributed by atoms with van der Waals surface area (Å²) in [5.74, 6) is -0.287. The van der Waals surface area contributed by atoms with Crippen LogP contribution in [0.25, 0.3) is 0 Å².